The van der Waals surface area contributed by atoms with E-state index < -0.39 is 0 Å². The molecule has 122 valence electrons. The van der Waals surface area contributed by atoms with Crippen LogP contribution >= 0.6 is 11.3 Å². The summed E-state index contributed by atoms with van der Waals surface area (Å²) in [5.74, 6) is 0. The van der Waals surface area contributed by atoms with Gasteiger partial charge in [-0.3, -0.25) is 9.78 Å². The van der Waals surface area contributed by atoms with Gasteiger partial charge in [0.1, 0.15) is 6.29 Å². The van der Waals surface area contributed by atoms with Crippen molar-refractivity contribution in [3.05, 3.63) is 59.9 Å². The Hall–Kier alpha value is -2.50. The maximum atomic E-state index is 11.2. The molecule has 0 bridgehead atoms. The zero-order valence-electron chi connectivity index (χ0n) is 13.7. The average molecular weight is 337 g/mol. The molecule has 0 saturated heterocycles. The van der Waals surface area contributed by atoms with Crippen molar-refractivity contribution in [3.8, 4) is 20.9 Å². The maximum Gasteiger partial charge on any atom is 0.150 e. The van der Waals surface area contributed by atoms with E-state index >= 15 is 0 Å². The van der Waals surface area contributed by atoms with E-state index in [1.807, 2.05) is 38.5 Å². The monoisotopic (exact) mass is 337 g/mol. The predicted molar refractivity (Wildman–Crippen MR) is 100 cm³/mol. The highest BCUT2D eigenvalue weighted by molar-refractivity contribution is 7.18. The van der Waals surface area contributed by atoms with Crippen molar-refractivity contribution in [1.82, 2.24) is 9.88 Å². The molecule has 0 amide bonds. The van der Waals surface area contributed by atoms with Crippen LogP contribution in [0, 0.1) is 0 Å². The van der Waals surface area contributed by atoms with Crippen molar-refractivity contribution in [2.75, 3.05) is 19.8 Å². The Morgan fingerprint density at radius 2 is 1.83 bits per heavy atom. The number of nitrogen functional groups attached to an aromatic ring is 1. The highest BCUT2D eigenvalue weighted by Gasteiger charge is 2.09. The molecule has 2 aromatic heterocycles. The molecule has 0 aliphatic carbocycles. The molecule has 2 N–H and O–H groups in total. The summed E-state index contributed by atoms with van der Waals surface area (Å²) in [5.41, 5.74) is 10.4. The molecule has 0 aliphatic rings. The van der Waals surface area contributed by atoms with Crippen LogP contribution in [-0.2, 0) is 6.54 Å². The number of hydrogen-bond donors (Lipinski definition) is 1. The van der Waals surface area contributed by atoms with Crippen LogP contribution in [0.5, 0.6) is 0 Å². The van der Waals surface area contributed by atoms with Crippen LogP contribution in [0.3, 0.4) is 0 Å². The van der Waals surface area contributed by atoms with Crippen molar-refractivity contribution >= 4 is 23.3 Å². The molecule has 3 aromatic rings. The summed E-state index contributed by atoms with van der Waals surface area (Å²) >= 11 is 1.69. The normalized spacial score (nSPS) is 11.0. The van der Waals surface area contributed by atoms with Crippen LogP contribution in [0.4, 0.5) is 5.69 Å². The number of carbonyl (C=O) groups is 1. The van der Waals surface area contributed by atoms with Gasteiger partial charge in [0.2, 0.25) is 0 Å². The number of rotatable bonds is 5. The summed E-state index contributed by atoms with van der Waals surface area (Å²) in [6.07, 6.45) is 4.38. The fourth-order valence-electron chi connectivity index (χ4n) is 2.59. The van der Waals surface area contributed by atoms with E-state index in [1.54, 1.807) is 17.5 Å². The Morgan fingerprint density at radius 1 is 1.08 bits per heavy atom. The topological polar surface area (TPSA) is 59.2 Å². The van der Waals surface area contributed by atoms with Gasteiger partial charge in [-0.15, -0.1) is 11.3 Å². The molecule has 3 rings (SSSR count). The first-order valence-electron chi connectivity index (χ1n) is 7.61. The molecule has 0 fully saturated rings. The summed E-state index contributed by atoms with van der Waals surface area (Å²) in [4.78, 5) is 19.7. The van der Waals surface area contributed by atoms with E-state index in [2.05, 4.69) is 28.1 Å². The molecule has 1 aromatic carbocycles. The molecule has 5 heteroatoms. The van der Waals surface area contributed by atoms with Crippen molar-refractivity contribution in [3.63, 3.8) is 0 Å². The highest BCUT2D eigenvalue weighted by Crippen LogP contribution is 2.35. The number of carbonyl (C=O) groups excluding carboxylic acids is 1. The molecule has 0 unspecified atom stereocenters. The summed E-state index contributed by atoms with van der Waals surface area (Å²) in [6, 6.07) is 12.1. The van der Waals surface area contributed by atoms with Gasteiger partial charge in [0.25, 0.3) is 0 Å². The number of nitrogens with zero attached hydrogens (tertiary/aromatic N) is 2. The number of aromatic nitrogens is 1. The molecule has 4 nitrogen and oxygen atoms in total. The van der Waals surface area contributed by atoms with Crippen molar-refractivity contribution in [1.29, 1.82) is 0 Å². The third kappa shape index (κ3) is 3.53. The largest absolute Gasteiger partial charge is 0.397 e. The Morgan fingerprint density at radius 3 is 2.50 bits per heavy atom. The van der Waals surface area contributed by atoms with Gasteiger partial charge in [-0.1, -0.05) is 12.1 Å². The highest BCUT2D eigenvalue weighted by atomic mass is 32.1. The summed E-state index contributed by atoms with van der Waals surface area (Å²) in [5, 5.41) is 0. The Bertz CT molecular complexity index is 871. The smallest absolute Gasteiger partial charge is 0.150 e. The summed E-state index contributed by atoms with van der Waals surface area (Å²) < 4.78 is 0. The predicted octanol–water partition coefficient (Wildman–Crippen LogP) is 3.93. The zero-order valence-corrected chi connectivity index (χ0v) is 14.5. The second-order valence-corrected chi connectivity index (χ2v) is 7.02. The lowest BCUT2D eigenvalue weighted by molar-refractivity contribution is 0.112. The minimum Gasteiger partial charge on any atom is -0.397 e. The average Bonchev–Trinajstić information content (AvgIpc) is 3.04. The van der Waals surface area contributed by atoms with E-state index in [-0.39, 0.29) is 0 Å². The van der Waals surface area contributed by atoms with Crippen molar-refractivity contribution < 1.29 is 4.79 Å². The van der Waals surface area contributed by atoms with Crippen LogP contribution in [0.2, 0.25) is 0 Å². The zero-order chi connectivity index (χ0) is 17.1. The Labute approximate surface area is 145 Å². The quantitative estimate of drug-likeness (QED) is 0.717. The van der Waals surface area contributed by atoms with Gasteiger partial charge in [0, 0.05) is 39.8 Å². The lowest BCUT2D eigenvalue weighted by atomic mass is 10.0. The number of aldehydes is 1. The first-order valence-corrected chi connectivity index (χ1v) is 8.42. The molecule has 2 heterocycles. The van der Waals surface area contributed by atoms with Crippen LogP contribution in [0.25, 0.3) is 20.9 Å². The SMILES string of the molecule is CN(C)Cc1cc(-c2ccc(-c3cncc(N)c3)s2)ccc1C=O. The van der Waals surface area contributed by atoms with Gasteiger partial charge in [0.15, 0.2) is 0 Å². The summed E-state index contributed by atoms with van der Waals surface area (Å²) in [7, 11) is 3.99. The lowest BCUT2D eigenvalue weighted by Gasteiger charge is -2.12. The fraction of sp³-hybridized carbons (Fsp3) is 0.158. The number of benzene rings is 1. The standard InChI is InChI=1S/C19H19N3OS/c1-22(2)11-16-7-13(3-4-14(16)12-23)18-5-6-19(24-18)15-8-17(20)10-21-9-15/h3-10,12H,11,20H2,1-2H3. The van der Waals surface area contributed by atoms with Gasteiger partial charge in [0.05, 0.1) is 5.69 Å². The fourth-order valence-corrected chi connectivity index (χ4v) is 3.58. The number of thiophene rings is 1. The van der Waals surface area contributed by atoms with Gasteiger partial charge < -0.3 is 10.6 Å². The third-order valence-corrected chi connectivity index (χ3v) is 4.87. The van der Waals surface area contributed by atoms with E-state index in [0.29, 0.717) is 5.69 Å². The molecule has 0 radical (unpaired) electrons. The van der Waals surface area contributed by atoms with Gasteiger partial charge in [-0.2, -0.15) is 0 Å². The van der Waals surface area contributed by atoms with Crippen LogP contribution in [0.1, 0.15) is 15.9 Å². The second-order valence-electron chi connectivity index (χ2n) is 5.94. The van der Waals surface area contributed by atoms with Gasteiger partial charge in [-0.25, -0.2) is 0 Å². The van der Waals surface area contributed by atoms with Crippen LogP contribution in [0.15, 0.2) is 48.8 Å². The van der Waals surface area contributed by atoms with Gasteiger partial charge in [-0.05, 0) is 49.5 Å². The second kappa shape index (κ2) is 6.95. The summed E-state index contributed by atoms with van der Waals surface area (Å²) in [6.45, 7) is 0.735. The van der Waals surface area contributed by atoms with Gasteiger partial charge >= 0.3 is 0 Å². The molecular formula is C19H19N3OS. The van der Waals surface area contributed by atoms with Crippen molar-refractivity contribution in [2.24, 2.45) is 0 Å². The van der Waals surface area contributed by atoms with E-state index in [4.69, 9.17) is 5.73 Å². The number of nitrogens with two attached hydrogens (primary N) is 1. The Balaban J connectivity index is 1.96. The molecule has 0 saturated carbocycles. The number of pyridine rings is 1. The van der Waals surface area contributed by atoms with Crippen LogP contribution in [-0.4, -0.2) is 30.3 Å². The molecular weight excluding hydrogens is 318 g/mol. The Kier molecular flexibility index (Phi) is 4.74. The lowest BCUT2D eigenvalue weighted by Crippen LogP contribution is -2.12. The molecule has 0 atom stereocenters. The van der Waals surface area contributed by atoms with Crippen molar-refractivity contribution in [2.45, 2.75) is 6.54 Å². The number of anilines is 1. The third-order valence-electron chi connectivity index (χ3n) is 3.69. The van der Waals surface area contributed by atoms with E-state index in [9.17, 15) is 4.79 Å². The van der Waals surface area contributed by atoms with E-state index in [0.717, 1.165) is 44.8 Å². The minimum atomic E-state index is 0.658. The van der Waals surface area contributed by atoms with E-state index in [1.165, 1.54) is 0 Å². The molecule has 24 heavy (non-hydrogen) atoms. The first-order chi connectivity index (χ1) is 11.6. The maximum absolute atomic E-state index is 11.2. The first kappa shape index (κ1) is 16.4. The minimum absolute atomic E-state index is 0.658. The molecule has 0 aliphatic heterocycles. The number of hydrogen-bond acceptors (Lipinski definition) is 5. The van der Waals surface area contributed by atoms with Crippen LogP contribution < -0.4 is 5.73 Å². The molecule has 0 spiro atoms.